The van der Waals surface area contributed by atoms with Gasteiger partial charge in [-0.25, -0.2) is 14.4 Å². The summed E-state index contributed by atoms with van der Waals surface area (Å²) in [5, 5.41) is 0. The molecule has 0 aliphatic heterocycles. The molecule has 1 aromatic carbocycles. The molecule has 0 radical (unpaired) electrons. The Balaban J connectivity index is 0.000000720. The van der Waals surface area contributed by atoms with E-state index in [2.05, 4.69) is 25.9 Å². The molecular formula is C7H5BrFIN2. The summed E-state index contributed by atoms with van der Waals surface area (Å²) in [4.78, 5) is 5.64. The number of H-pyrrole nitrogens is 2. The highest BCUT2D eigenvalue weighted by Gasteiger charge is 2.10. The van der Waals surface area contributed by atoms with Crippen LogP contribution in [0.2, 0.25) is 0 Å². The molecule has 2 nitrogen and oxygen atoms in total. The van der Waals surface area contributed by atoms with Crippen LogP contribution in [0.1, 0.15) is 0 Å². The monoisotopic (exact) mass is 342 g/mol. The van der Waals surface area contributed by atoms with Crippen molar-refractivity contribution in [2.24, 2.45) is 0 Å². The number of aromatic amines is 2. The van der Waals surface area contributed by atoms with Crippen molar-refractivity contribution in [3.8, 4) is 0 Å². The molecular weight excluding hydrogens is 338 g/mol. The molecule has 0 aliphatic rings. The maximum Gasteiger partial charge on any atom is 0.240 e. The van der Waals surface area contributed by atoms with Gasteiger partial charge in [0.15, 0.2) is 11.3 Å². The second-order valence-corrected chi connectivity index (χ2v) is 3.07. The fourth-order valence-electron chi connectivity index (χ4n) is 0.998. The molecule has 0 bridgehead atoms. The first-order chi connectivity index (χ1) is 5.29. The molecule has 0 saturated heterocycles. The fraction of sp³-hybridized carbons (Fsp3) is 0. The summed E-state index contributed by atoms with van der Waals surface area (Å²) in [6.07, 6.45) is 1.60. The van der Waals surface area contributed by atoms with E-state index in [0.717, 1.165) is 5.52 Å². The lowest BCUT2D eigenvalue weighted by Gasteiger charge is -1.89. The van der Waals surface area contributed by atoms with Gasteiger partial charge >= 0.3 is 0 Å². The summed E-state index contributed by atoms with van der Waals surface area (Å²) in [5.74, 6) is -0.260. The van der Waals surface area contributed by atoms with E-state index in [0.29, 0.717) is 9.99 Å². The van der Waals surface area contributed by atoms with Gasteiger partial charge in [0, 0.05) is 0 Å². The van der Waals surface area contributed by atoms with Crippen LogP contribution >= 0.6 is 15.9 Å². The maximum atomic E-state index is 13.1. The Hall–Kier alpha value is -0.170. The zero-order valence-electron chi connectivity index (χ0n) is 5.87. The van der Waals surface area contributed by atoms with Gasteiger partial charge in [-0.05, 0) is 28.1 Å². The van der Waals surface area contributed by atoms with Crippen LogP contribution in [0.15, 0.2) is 22.9 Å². The fourth-order valence-corrected chi connectivity index (χ4v) is 1.33. The number of imidazole rings is 1. The summed E-state index contributed by atoms with van der Waals surface area (Å²) in [5.41, 5.74) is 1.27. The standard InChI is InChI=1S/C7H4BrFN2.HI/c8-4-1-2-5-7(6(4)9)11-3-10-5;/h1-3H,(H,10,11);1H. The van der Waals surface area contributed by atoms with Crippen LogP contribution in [0.25, 0.3) is 11.0 Å². The third-order valence-corrected chi connectivity index (χ3v) is 2.15. The van der Waals surface area contributed by atoms with Crippen LogP contribution in [0.4, 0.5) is 4.39 Å². The molecule has 0 spiro atoms. The molecule has 64 valence electrons. The van der Waals surface area contributed by atoms with Gasteiger partial charge in [0.25, 0.3) is 0 Å². The lowest BCUT2D eigenvalue weighted by atomic mass is 10.3. The Morgan fingerprint density at radius 3 is 2.92 bits per heavy atom. The molecule has 5 heteroatoms. The minimum Gasteiger partial charge on any atom is -1.00 e. The van der Waals surface area contributed by atoms with Crippen molar-refractivity contribution in [3.63, 3.8) is 0 Å². The quantitative estimate of drug-likeness (QED) is 0.588. The minimum atomic E-state index is -0.260. The van der Waals surface area contributed by atoms with Gasteiger partial charge in [-0.15, -0.1) is 0 Å². The number of hydrogen-bond donors (Lipinski definition) is 1. The maximum absolute atomic E-state index is 13.1. The van der Waals surface area contributed by atoms with Crippen LogP contribution in [-0.2, 0) is 0 Å². The number of nitrogens with one attached hydrogen (secondary N) is 2. The normalized spacial score (nSPS) is 9.83. The molecule has 0 saturated carbocycles. The van der Waals surface area contributed by atoms with E-state index in [1.54, 1.807) is 18.5 Å². The summed E-state index contributed by atoms with van der Waals surface area (Å²) < 4.78 is 13.6. The largest absolute Gasteiger partial charge is 1.00 e. The highest BCUT2D eigenvalue weighted by Crippen LogP contribution is 2.20. The summed E-state index contributed by atoms with van der Waals surface area (Å²) >= 11 is 3.09. The average molecular weight is 343 g/mol. The first kappa shape index (κ1) is 9.91. The Morgan fingerprint density at radius 2 is 2.17 bits per heavy atom. The van der Waals surface area contributed by atoms with Crippen LogP contribution in [0.5, 0.6) is 0 Å². The smallest absolute Gasteiger partial charge is 0.240 e. The molecule has 0 atom stereocenters. The number of rotatable bonds is 0. The second-order valence-electron chi connectivity index (χ2n) is 2.22. The molecule has 0 amide bonds. The highest BCUT2D eigenvalue weighted by molar-refractivity contribution is 9.10. The van der Waals surface area contributed by atoms with Crippen LogP contribution < -0.4 is 29.0 Å². The van der Waals surface area contributed by atoms with Crippen molar-refractivity contribution in [1.82, 2.24) is 4.98 Å². The topological polar surface area (TPSA) is 29.9 Å². The lowest BCUT2D eigenvalue weighted by Crippen LogP contribution is -3.00. The number of hydrogen-bond acceptors (Lipinski definition) is 0. The molecule has 1 heterocycles. The molecule has 1 aromatic heterocycles. The molecule has 0 fully saturated rings. The third-order valence-electron chi connectivity index (χ3n) is 1.54. The van der Waals surface area contributed by atoms with E-state index in [9.17, 15) is 4.39 Å². The number of aromatic nitrogens is 2. The van der Waals surface area contributed by atoms with E-state index in [4.69, 9.17) is 0 Å². The van der Waals surface area contributed by atoms with Gasteiger partial charge in [-0.2, -0.15) is 0 Å². The Kier molecular flexibility index (Phi) is 3.05. The van der Waals surface area contributed by atoms with Gasteiger partial charge in [0.05, 0.1) is 4.47 Å². The van der Waals surface area contributed by atoms with Crippen molar-refractivity contribution in [2.45, 2.75) is 0 Å². The van der Waals surface area contributed by atoms with Crippen molar-refractivity contribution in [1.29, 1.82) is 0 Å². The highest BCUT2D eigenvalue weighted by atomic mass is 127. The van der Waals surface area contributed by atoms with E-state index >= 15 is 0 Å². The summed E-state index contributed by atoms with van der Waals surface area (Å²) in [7, 11) is 0. The van der Waals surface area contributed by atoms with Crippen LogP contribution in [0, 0.1) is 5.82 Å². The van der Waals surface area contributed by atoms with Crippen LogP contribution in [0.3, 0.4) is 0 Å². The zero-order chi connectivity index (χ0) is 7.84. The minimum absolute atomic E-state index is 0. The second kappa shape index (κ2) is 3.69. The van der Waals surface area contributed by atoms with Crippen molar-refractivity contribution < 1.29 is 33.4 Å². The molecule has 0 aliphatic carbocycles. The van der Waals surface area contributed by atoms with Gasteiger partial charge in [0.2, 0.25) is 11.8 Å². The number of fused-ring (bicyclic) bond motifs is 1. The Bertz CT molecular complexity index is 401. The zero-order valence-corrected chi connectivity index (χ0v) is 9.61. The van der Waals surface area contributed by atoms with E-state index in [1.807, 2.05) is 0 Å². The van der Waals surface area contributed by atoms with Gasteiger partial charge < -0.3 is 24.0 Å². The molecule has 2 aromatic rings. The number of benzene rings is 1. The molecule has 0 unspecified atom stereocenters. The van der Waals surface area contributed by atoms with Crippen molar-refractivity contribution in [2.75, 3.05) is 0 Å². The molecule has 2 rings (SSSR count). The third kappa shape index (κ3) is 1.47. The van der Waals surface area contributed by atoms with Gasteiger partial charge in [0.1, 0.15) is 0 Å². The Morgan fingerprint density at radius 1 is 1.42 bits per heavy atom. The predicted octanol–water partition coefficient (Wildman–Crippen LogP) is -1.11. The SMILES string of the molecule is Fc1c(Br)ccc2[nH+]c[nH]c12.[I-]. The molecule has 2 N–H and O–H groups in total. The predicted molar refractivity (Wildman–Crippen MR) is 42.5 cm³/mol. The average Bonchev–Trinajstić information content (AvgIpc) is 2.45. The molecule has 12 heavy (non-hydrogen) atoms. The van der Waals surface area contributed by atoms with Gasteiger partial charge in [-0.3, -0.25) is 0 Å². The number of halogens is 3. The van der Waals surface area contributed by atoms with Crippen molar-refractivity contribution >= 4 is 27.0 Å². The van der Waals surface area contributed by atoms with Crippen molar-refractivity contribution in [3.05, 3.63) is 28.7 Å². The first-order valence-corrected chi connectivity index (χ1v) is 3.91. The Labute approximate surface area is 93.7 Å². The summed E-state index contributed by atoms with van der Waals surface area (Å²) in [6.45, 7) is 0. The van der Waals surface area contributed by atoms with E-state index in [1.165, 1.54) is 0 Å². The van der Waals surface area contributed by atoms with E-state index in [-0.39, 0.29) is 29.8 Å². The summed E-state index contributed by atoms with van der Waals surface area (Å²) in [6, 6.07) is 3.47. The lowest BCUT2D eigenvalue weighted by molar-refractivity contribution is -0.344. The first-order valence-electron chi connectivity index (χ1n) is 3.12. The van der Waals surface area contributed by atoms with E-state index < -0.39 is 0 Å². The van der Waals surface area contributed by atoms with Crippen LogP contribution in [-0.4, -0.2) is 4.98 Å². The van der Waals surface area contributed by atoms with Gasteiger partial charge in [-0.1, -0.05) is 0 Å².